The standard InChI is InChI=1S/F2O.P.Sn.Zr/c1-3-2;;;. The van der Waals surface area contributed by atoms with Crippen LogP contribution in [0.15, 0.2) is 0 Å². The second kappa shape index (κ2) is 28.4. The number of rotatable bonds is 0. The minimum atomic E-state index is 0. The van der Waals surface area contributed by atoms with E-state index in [1.54, 1.807) is 0 Å². The van der Waals surface area contributed by atoms with E-state index >= 15 is 0 Å². The predicted octanol–water partition coefficient (Wildman–Crippen LogP) is 1.25. The van der Waals surface area contributed by atoms with Crippen molar-refractivity contribution >= 4 is 33.8 Å². The van der Waals surface area contributed by atoms with Gasteiger partial charge in [-0.1, -0.05) is 0 Å². The molecule has 0 aliphatic rings. The van der Waals surface area contributed by atoms with Gasteiger partial charge in [0.2, 0.25) is 0 Å². The van der Waals surface area contributed by atoms with Crippen LogP contribution in [-0.4, -0.2) is 23.9 Å². The third-order valence-corrected chi connectivity index (χ3v) is 0. The van der Waals surface area contributed by atoms with Gasteiger partial charge in [-0.2, -0.15) is 0 Å². The minimum absolute atomic E-state index is 0. The molecule has 0 unspecified atom stereocenters. The Morgan fingerprint density at radius 3 is 1.17 bits per heavy atom. The molecule has 0 aromatic carbocycles. The van der Waals surface area contributed by atoms with E-state index in [2.05, 4.69) is 0 Å². The molecule has 0 heterocycles. The molecule has 0 aliphatic heterocycles. The van der Waals surface area contributed by atoms with E-state index in [9.17, 15) is 0 Å². The first-order valence-corrected chi connectivity index (χ1v) is 0.309. The van der Waals surface area contributed by atoms with E-state index in [0.717, 1.165) is 0 Å². The van der Waals surface area contributed by atoms with Gasteiger partial charge in [0, 0.05) is 65.2 Å². The van der Waals surface area contributed by atoms with Gasteiger partial charge in [0.05, 0.1) is 0 Å². The third-order valence-electron chi connectivity index (χ3n) is 0. The van der Waals surface area contributed by atoms with Crippen LogP contribution in [0.2, 0.25) is 0 Å². The molecule has 6 heavy (non-hydrogen) atoms. The molecule has 1 nitrogen and oxygen atoms in total. The van der Waals surface area contributed by atoms with Crippen molar-refractivity contribution in [2.75, 3.05) is 0 Å². The summed E-state index contributed by atoms with van der Waals surface area (Å²) in [5.41, 5.74) is 0. The summed E-state index contributed by atoms with van der Waals surface area (Å²) in [7, 11) is 0. The average Bonchev–Trinajstić information content (AvgIpc) is 0.918. The van der Waals surface area contributed by atoms with Gasteiger partial charge >= 0.3 is 0 Å². The Balaban J connectivity index is -0.00000000667. The van der Waals surface area contributed by atoms with Gasteiger partial charge in [-0.05, 0) is 9.05 Å². The Hall–Kier alpha value is 1.93. The van der Waals surface area contributed by atoms with Gasteiger partial charge in [-0.25, -0.2) is 0 Å². The first-order valence-electron chi connectivity index (χ1n) is 0.309. The molecule has 0 bridgehead atoms. The fourth-order valence-electron chi connectivity index (χ4n) is 0. The Bertz CT molecular complexity index is 13.5. The summed E-state index contributed by atoms with van der Waals surface area (Å²) in [6.07, 6.45) is 0. The zero-order chi connectivity index (χ0) is 2.71. The summed E-state index contributed by atoms with van der Waals surface area (Å²) in [6, 6.07) is 0. The molecule has 0 saturated carbocycles. The van der Waals surface area contributed by atoms with E-state index in [1.807, 2.05) is 0 Å². The molecular weight excluding hydrogens is 295 g/mol. The SMILES string of the molecule is FOF.[P].[Sn].[Zr]. The summed E-state index contributed by atoms with van der Waals surface area (Å²) in [6.45, 7) is 0. The van der Waals surface area contributed by atoms with E-state index in [1.165, 1.54) is 5.15 Å². The van der Waals surface area contributed by atoms with Crippen LogP contribution in [0, 0.1) is 0 Å². The Labute approximate surface area is 73.7 Å². The van der Waals surface area contributed by atoms with Crippen molar-refractivity contribution in [1.82, 2.24) is 0 Å². The van der Waals surface area contributed by atoms with Crippen molar-refractivity contribution < 1.29 is 40.4 Å². The molecule has 0 aromatic rings. The third kappa shape index (κ3) is 38.7. The maximum atomic E-state index is 9.12. The normalized spacial score (nSPS) is 3.00. The molecule has 0 saturated heterocycles. The van der Waals surface area contributed by atoms with Gasteiger partial charge in [-0.3, -0.25) is 0 Å². The average molecular weight is 295 g/mol. The summed E-state index contributed by atoms with van der Waals surface area (Å²) in [5, 5.41) is 1.25. The fraction of sp³-hybridized carbons (Fsp3) is 0. The summed E-state index contributed by atoms with van der Waals surface area (Å²) in [5.74, 6) is 0. The summed E-state index contributed by atoms with van der Waals surface area (Å²) >= 11 is 0. The van der Waals surface area contributed by atoms with Gasteiger partial charge < -0.3 is 0 Å². The molecule has 0 amide bonds. The van der Waals surface area contributed by atoms with Crippen molar-refractivity contribution in [2.45, 2.75) is 0 Å². The van der Waals surface area contributed by atoms with Crippen molar-refractivity contribution in [1.29, 1.82) is 0 Å². The molecule has 7 radical (unpaired) electrons. The van der Waals surface area contributed by atoms with Crippen LogP contribution in [0.3, 0.4) is 0 Å². The zero-order valence-electron chi connectivity index (χ0n) is 2.61. The summed E-state index contributed by atoms with van der Waals surface area (Å²) in [4.78, 5) is 0. The molecular formula is F2OPSnZr. The van der Waals surface area contributed by atoms with Crippen molar-refractivity contribution in [2.24, 2.45) is 0 Å². The van der Waals surface area contributed by atoms with Crippen LogP contribution >= 0.6 is 9.90 Å². The largest absolute Gasteiger partial charge is 0.0209 e. The molecule has 0 fully saturated rings. The smallest absolute Gasteiger partial charge is 0.0104 e. The van der Waals surface area contributed by atoms with Crippen LogP contribution < -0.4 is 0 Å². The van der Waals surface area contributed by atoms with Gasteiger partial charge in [0.15, 0.2) is 0 Å². The second-order valence-corrected chi connectivity index (χ2v) is 0.0583. The summed E-state index contributed by atoms with van der Waals surface area (Å²) < 4.78 is 18.2. The van der Waals surface area contributed by atoms with Gasteiger partial charge in [0.1, 0.15) is 0 Å². The van der Waals surface area contributed by atoms with Crippen LogP contribution in [0.5, 0.6) is 0 Å². The molecule has 0 aromatic heterocycles. The second-order valence-electron chi connectivity index (χ2n) is 0.0583. The predicted molar refractivity (Wildman–Crippen MR) is 16.0 cm³/mol. The van der Waals surface area contributed by atoms with Crippen molar-refractivity contribution in [3.05, 3.63) is 0 Å². The molecule has 0 rings (SSSR count). The molecule has 6 heteroatoms. The monoisotopic (exact) mass is 295 g/mol. The van der Waals surface area contributed by atoms with Crippen molar-refractivity contribution in [3.8, 4) is 0 Å². The fourth-order valence-corrected chi connectivity index (χ4v) is 0. The van der Waals surface area contributed by atoms with Gasteiger partial charge in [0.25, 0.3) is 0 Å². The Kier molecular flexibility index (Phi) is 117. The van der Waals surface area contributed by atoms with Crippen LogP contribution in [0.25, 0.3) is 0 Å². The first-order chi connectivity index (χ1) is 1.41. The van der Waals surface area contributed by atoms with Crippen LogP contribution in [-0.2, 0) is 31.3 Å². The van der Waals surface area contributed by atoms with E-state index in [0.29, 0.717) is 0 Å². The topological polar surface area (TPSA) is 9.23 Å². The number of halogens is 2. The maximum absolute atomic E-state index is 9.12. The maximum Gasteiger partial charge on any atom is 0.0209 e. The quantitative estimate of drug-likeness (QED) is 0.483. The molecule has 33 valence electrons. The van der Waals surface area contributed by atoms with E-state index in [4.69, 9.17) is 9.05 Å². The van der Waals surface area contributed by atoms with Crippen LogP contribution in [0.4, 0.5) is 9.05 Å². The number of hydrogen-bond acceptors (Lipinski definition) is 1. The van der Waals surface area contributed by atoms with Crippen LogP contribution in [0.1, 0.15) is 0 Å². The molecule has 0 aliphatic carbocycles. The number of hydrogen-bond donors (Lipinski definition) is 0. The minimum Gasteiger partial charge on any atom is -0.0104 e. The first kappa shape index (κ1) is 24.7. The van der Waals surface area contributed by atoms with E-state index < -0.39 is 0 Å². The van der Waals surface area contributed by atoms with Gasteiger partial charge in [-0.15, -0.1) is 0 Å². The van der Waals surface area contributed by atoms with E-state index in [-0.39, 0.29) is 60.0 Å². The Morgan fingerprint density at radius 1 is 1.17 bits per heavy atom. The molecule has 0 spiro atoms. The molecule has 0 N–H and O–H groups in total. The van der Waals surface area contributed by atoms with Crippen molar-refractivity contribution in [3.63, 3.8) is 0 Å². The molecule has 0 atom stereocenters. The zero-order valence-corrected chi connectivity index (χ0v) is 8.82. The Morgan fingerprint density at radius 2 is 1.17 bits per heavy atom.